The number of rotatable bonds is 1. The molecule has 1 aromatic carbocycles. The summed E-state index contributed by atoms with van der Waals surface area (Å²) in [6.45, 7) is 3.72. The highest BCUT2D eigenvalue weighted by Crippen LogP contribution is 2.31. The van der Waals surface area contributed by atoms with Gasteiger partial charge in [-0.1, -0.05) is 17.7 Å². The maximum absolute atomic E-state index is 9.34. The topological polar surface area (TPSA) is 46.2 Å². The van der Waals surface area contributed by atoms with Crippen molar-refractivity contribution in [1.82, 2.24) is 0 Å². The summed E-state index contributed by atoms with van der Waals surface area (Å²) in [7, 11) is 0. The second-order valence-electron chi connectivity index (χ2n) is 2.98. The SMILES string of the molecule is Cc1cc(O)c(Cl)c(C(C)N)c1. The van der Waals surface area contributed by atoms with Crippen molar-refractivity contribution < 1.29 is 5.11 Å². The number of halogens is 1. The molecular weight excluding hydrogens is 174 g/mol. The fourth-order valence-corrected chi connectivity index (χ4v) is 1.39. The van der Waals surface area contributed by atoms with Crippen LogP contribution in [0.3, 0.4) is 0 Å². The normalized spacial score (nSPS) is 13.0. The van der Waals surface area contributed by atoms with Gasteiger partial charge in [0.2, 0.25) is 0 Å². The van der Waals surface area contributed by atoms with Crippen LogP contribution < -0.4 is 5.73 Å². The Morgan fingerprint density at radius 3 is 2.58 bits per heavy atom. The molecular formula is C9H12ClNO. The summed E-state index contributed by atoms with van der Waals surface area (Å²) in [5, 5.41) is 9.70. The molecule has 1 unspecified atom stereocenters. The first-order valence-electron chi connectivity index (χ1n) is 3.77. The summed E-state index contributed by atoms with van der Waals surface area (Å²) in [4.78, 5) is 0. The van der Waals surface area contributed by atoms with Crippen molar-refractivity contribution in [1.29, 1.82) is 0 Å². The lowest BCUT2D eigenvalue weighted by molar-refractivity contribution is 0.473. The average Bonchev–Trinajstić information content (AvgIpc) is 1.96. The predicted octanol–water partition coefficient (Wildman–Crippen LogP) is 2.37. The van der Waals surface area contributed by atoms with E-state index in [-0.39, 0.29) is 11.8 Å². The number of phenolic OH excluding ortho intramolecular Hbond substituents is 1. The van der Waals surface area contributed by atoms with Crippen LogP contribution >= 0.6 is 11.6 Å². The highest BCUT2D eigenvalue weighted by molar-refractivity contribution is 6.32. The molecule has 0 bridgehead atoms. The average molecular weight is 186 g/mol. The van der Waals surface area contributed by atoms with Crippen LogP contribution in [0.4, 0.5) is 0 Å². The second-order valence-corrected chi connectivity index (χ2v) is 3.35. The van der Waals surface area contributed by atoms with E-state index in [2.05, 4.69) is 0 Å². The molecule has 0 saturated heterocycles. The third-order valence-corrected chi connectivity index (χ3v) is 2.13. The molecule has 0 aliphatic heterocycles. The lowest BCUT2D eigenvalue weighted by Crippen LogP contribution is -2.05. The van der Waals surface area contributed by atoms with Gasteiger partial charge in [-0.25, -0.2) is 0 Å². The van der Waals surface area contributed by atoms with Crippen LogP contribution in [0.15, 0.2) is 12.1 Å². The molecule has 0 aromatic heterocycles. The minimum atomic E-state index is -0.150. The Hall–Kier alpha value is -0.730. The van der Waals surface area contributed by atoms with Crippen molar-refractivity contribution in [2.75, 3.05) is 0 Å². The number of phenols is 1. The monoisotopic (exact) mass is 185 g/mol. The highest BCUT2D eigenvalue weighted by atomic mass is 35.5. The first-order chi connectivity index (χ1) is 5.52. The molecule has 0 saturated carbocycles. The molecule has 3 N–H and O–H groups in total. The molecule has 3 heteroatoms. The number of hydrogen-bond acceptors (Lipinski definition) is 2. The quantitative estimate of drug-likeness (QED) is 0.706. The van der Waals surface area contributed by atoms with Gasteiger partial charge in [0.25, 0.3) is 0 Å². The number of nitrogens with two attached hydrogens (primary N) is 1. The number of benzene rings is 1. The van der Waals surface area contributed by atoms with Crippen molar-refractivity contribution in [2.45, 2.75) is 19.9 Å². The maximum atomic E-state index is 9.34. The smallest absolute Gasteiger partial charge is 0.134 e. The lowest BCUT2D eigenvalue weighted by atomic mass is 10.1. The summed E-state index contributed by atoms with van der Waals surface area (Å²) in [5.41, 5.74) is 7.41. The minimum Gasteiger partial charge on any atom is -0.506 e. The molecule has 2 nitrogen and oxygen atoms in total. The molecule has 0 aliphatic carbocycles. The van der Waals surface area contributed by atoms with Crippen molar-refractivity contribution in [2.24, 2.45) is 5.73 Å². The Morgan fingerprint density at radius 2 is 2.08 bits per heavy atom. The van der Waals surface area contributed by atoms with Crippen molar-refractivity contribution in [3.05, 3.63) is 28.3 Å². The van der Waals surface area contributed by atoms with E-state index in [1.807, 2.05) is 19.9 Å². The molecule has 66 valence electrons. The van der Waals surface area contributed by atoms with Gasteiger partial charge in [0.1, 0.15) is 5.75 Å². The fourth-order valence-electron chi connectivity index (χ4n) is 1.11. The van der Waals surface area contributed by atoms with Crippen LogP contribution in [0, 0.1) is 6.92 Å². The van der Waals surface area contributed by atoms with E-state index in [9.17, 15) is 5.11 Å². The maximum Gasteiger partial charge on any atom is 0.134 e. The van der Waals surface area contributed by atoms with Crippen LogP contribution in [0.2, 0.25) is 5.02 Å². The largest absolute Gasteiger partial charge is 0.506 e. The van der Waals surface area contributed by atoms with Gasteiger partial charge < -0.3 is 10.8 Å². The Kier molecular flexibility index (Phi) is 2.60. The van der Waals surface area contributed by atoms with Gasteiger partial charge in [-0.3, -0.25) is 0 Å². The zero-order valence-electron chi connectivity index (χ0n) is 7.13. The van der Waals surface area contributed by atoms with Crippen LogP contribution in [0.5, 0.6) is 5.75 Å². The molecule has 0 radical (unpaired) electrons. The molecule has 0 heterocycles. The number of aromatic hydroxyl groups is 1. The summed E-state index contributed by atoms with van der Waals surface area (Å²) in [6, 6.07) is 3.35. The molecule has 0 aliphatic rings. The molecule has 0 amide bonds. The van der Waals surface area contributed by atoms with Gasteiger partial charge in [-0.05, 0) is 31.0 Å². The van der Waals surface area contributed by atoms with E-state index in [1.54, 1.807) is 6.07 Å². The summed E-state index contributed by atoms with van der Waals surface area (Å²) in [5.74, 6) is 0.101. The van der Waals surface area contributed by atoms with E-state index < -0.39 is 0 Å². The first-order valence-corrected chi connectivity index (χ1v) is 4.14. The molecule has 1 aromatic rings. The lowest BCUT2D eigenvalue weighted by Gasteiger charge is -2.10. The Morgan fingerprint density at radius 1 is 1.50 bits per heavy atom. The number of aryl methyl sites for hydroxylation is 1. The third kappa shape index (κ3) is 1.71. The third-order valence-electron chi connectivity index (χ3n) is 1.72. The van der Waals surface area contributed by atoms with Gasteiger partial charge in [0.15, 0.2) is 0 Å². The van der Waals surface area contributed by atoms with Gasteiger partial charge in [0, 0.05) is 6.04 Å². The fraction of sp³-hybridized carbons (Fsp3) is 0.333. The van der Waals surface area contributed by atoms with E-state index >= 15 is 0 Å². The standard InChI is InChI=1S/C9H12ClNO/c1-5-3-7(6(2)11)9(10)8(12)4-5/h3-4,6,12H,11H2,1-2H3. The summed E-state index contributed by atoms with van der Waals surface area (Å²) >= 11 is 5.83. The highest BCUT2D eigenvalue weighted by Gasteiger charge is 2.09. The molecule has 1 rings (SSSR count). The van der Waals surface area contributed by atoms with Crippen molar-refractivity contribution in [3.8, 4) is 5.75 Å². The van der Waals surface area contributed by atoms with Crippen LogP contribution in [-0.4, -0.2) is 5.11 Å². The predicted molar refractivity (Wildman–Crippen MR) is 50.5 cm³/mol. The second kappa shape index (κ2) is 3.33. The van der Waals surface area contributed by atoms with Gasteiger partial charge in [-0.2, -0.15) is 0 Å². The van der Waals surface area contributed by atoms with E-state index in [0.29, 0.717) is 5.02 Å². The van der Waals surface area contributed by atoms with Crippen LogP contribution in [0.1, 0.15) is 24.1 Å². The van der Waals surface area contributed by atoms with E-state index in [1.165, 1.54) is 0 Å². The van der Waals surface area contributed by atoms with E-state index in [4.69, 9.17) is 17.3 Å². The summed E-state index contributed by atoms with van der Waals surface area (Å²) in [6.07, 6.45) is 0. The van der Waals surface area contributed by atoms with Gasteiger partial charge >= 0.3 is 0 Å². The minimum absolute atomic E-state index is 0.101. The van der Waals surface area contributed by atoms with E-state index in [0.717, 1.165) is 11.1 Å². The molecule has 0 spiro atoms. The van der Waals surface area contributed by atoms with Crippen LogP contribution in [0.25, 0.3) is 0 Å². The Balaban J connectivity index is 3.28. The van der Waals surface area contributed by atoms with Gasteiger partial charge in [0.05, 0.1) is 5.02 Å². The first kappa shape index (κ1) is 9.36. The molecule has 12 heavy (non-hydrogen) atoms. The van der Waals surface area contributed by atoms with Crippen molar-refractivity contribution in [3.63, 3.8) is 0 Å². The Labute approximate surface area is 77.0 Å². The zero-order valence-corrected chi connectivity index (χ0v) is 7.89. The number of hydrogen-bond donors (Lipinski definition) is 2. The summed E-state index contributed by atoms with van der Waals surface area (Å²) < 4.78 is 0. The van der Waals surface area contributed by atoms with Gasteiger partial charge in [-0.15, -0.1) is 0 Å². The zero-order chi connectivity index (χ0) is 9.30. The Bertz CT molecular complexity index is 297. The molecule has 0 fully saturated rings. The van der Waals surface area contributed by atoms with Crippen LogP contribution in [-0.2, 0) is 0 Å². The molecule has 1 atom stereocenters. The van der Waals surface area contributed by atoms with Crippen molar-refractivity contribution >= 4 is 11.6 Å².